The van der Waals surface area contributed by atoms with Crippen molar-refractivity contribution in [2.45, 2.75) is 4.90 Å². The van der Waals surface area contributed by atoms with Gasteiger partial charge in [0.15, 0.2) is 17.2 Å². The highest BCUT2D eigenvalue weighted by Crippen LogP contribution is 2.28. The van der Waals surface area contributed by atoms with Crippen LogP contribution in [0.4, 0.5) is 0 Å². The van der Waals surface area contributed by atoms with Gasteiger partial charge in [-0.05, 0) is 48.5 Å². The van der Waals surface area contributed by atoms with Crippen LogP contribution in [0.3, 0.4) is 0 Å². The molecule has 0 spiro atoms. The Morgan fingerprint density at radius 3 is 2.31 bits per heavy atom. The van der Waals surface area contributed by atoms with E-state index < -0.39 is 16.0 Å². The molecular formula is C22H19BrN2O6S. The third-order valence-corrected chi connectivity index (χ3v) is 5.96. The molecular weight excluding hydrogens is 500 g/mol. The summed E-state index contributed by atoms with van der Waals surface area (Å²) in [4.78, 5) is 12.4. The molecule has 0 saturated carbocycles. The zero-order valence-corrected chi connectivity index (χ0v) is 19.5. The van der Waals surface area contributed by atoms with Crippen molar-refractivity contribution >= 4 is 38.2 Å². The molecule has 0 heterocycles. The van der Waals surface area contributed by atoms with Crippen LogP contribution in [0.15, 0.2) is 81.2 Å². The number of carbonyl (C=O) groups is 1. The number of nitrogens with one attached hydrogen (secondary N) is 1. The molecule has 0 unspecified atom stereocenters. The molecule has 0 saturated heterocycles. The minimum Gasteiger partial charge on any atom is -0.493 e. The highest BCUT2D eigenvalue weighted by Gasteiger charge is 2.18. The second-order valence-electron chi connectivity index (χ2n) is 6.30. The lowest BCUT2D eigenvalue weighted by Crippen LogP contribution is -2.18. The monoisotopic (exact) mass is 518 g/mol. The van der Waals surface area contributed by atoms with E-state index in [0.29, 0.717) is 27.1 Å². The van der Waals surface area contributed by atoms with E-state index in [1.165, 1.54) is 44.7 Å². The van der Waals surface area contributed by atoms with Crippen LogP contribution in [0.5, 0.6) is 17.2 Å². The summed E-state index contributed by atoms with van der Waals surface area (Å²) in [6.07, 6.45) is 1.29. The predicted molar refractivity (Wildman–Crippen MR) is 123 cm³/mol. The van der Waals surface area contributed by atoms with E-state index in [0.717, 1.165) is 0 Å². The fraction of sp³-hybridized carbons (Fsp3) is 0.0909. The maximum atomic E-state index is 12.5. The molecule has 1 N–H and O–H groups in total. The van der Waals surface area contributed by atoms with Gasteiger partial charge in [-0.1, -0.05) is 34.1 Å². The zero-order valence-electron chi connectivity index (χ0n) is 17.1. The molecule has 3 aromatic carbocycles. The number of halogens is 1. The smallest absolute Gasteiger partial charge is 0.339 e. The number of nitrogens with zero attached hydrogens (tertiary/aromatic N) is 1. The number of amides is 1. The molecule has 8 nitrogen and oxygen atoms in total. The van der Waals surface area contributed by atoms with Crippen LogP contribution in [0.1, 0.15) is 15.9 Å². The Kier molecular flexibility index (Phi) is 7.49. The van der Waals surface area contributed by atoms with Gasteiger partial charge in [0.1, 0.15) is 4.90 Å². The molecule has 0 atom stereocenters. The van der Waals surface area contributed by atoms with E-state index in [4.69, 9.17) is 13.7 Å². The quantitative estimate of drug-likeness (QED) is 0.274. The number of carbonyl (C=O) groups excluding carboxylic acids is 1. The minimum atomic E-state index is -4.04. The average molecular weight is 519 g/mol. The van der Waals surface area contributed by atoms with E-state index in [1.807, 2.05) is 0 Å². The van der Waals surface area contributed by atoms with Gasteiger partial charge in [0, 0.05) is 15.6 Å². The summed E-state index contributed by atoms with van der Waals surface area (Å²) < 4.78 is 41.4. The van der Waals surface area contributed by atoms with Gasteiger partial charge in [-0.2, -0.15) is 13.5 Å². The van der Waals surface area contributed by atoms with Crippen molar-refractivity contribution in [2.75, 3.05) is 14.2 Å². The van der Waals surface area contributed by atoms with Gasteiger partial charge in [-0.25, -0.2) is 5.43 Å². The number of hydrazone groups is 1. The summed E-state index contributed by atoms with van der Waals surface area (Å²) in [5.41, 5.74) is 3.03. The summed E-state index contributed by atoms with van der Waals surface area (Å²) in [6.45, 7) is 0. The van der Waals surface area contributed by atoms with Crippen LogP contribution < -0.4 is 19.1 Å². The zero-order chi connectivity index (χ0) is 23.1. The van der Waals surface area contributed by atoms with Crippen molar-refractivity contribution in [3.63, 3.8) is 0 Å². The second-order valence-corrected chi connectivity index (χ2v) is 8.76. The first kappa shape index (κ1) is 23.3. The summed E-state index contributed by atoms with van der Waals surface area (Å²) in [5, 5.41) is 3.93. The maximum Gasteiger partial charge on any atom is 0.339 e. The molecule has 0 bridgehead atoms. The summed E-state index contributed by atoms with van der Waals surface area (Å²) in [6, 6.07) is 17.2. The van der Waals surface area contributed by atoms with Crippen LogP contribution in [0, 0.1) is 0 Å². The maximum absolute atomic E-state index is 12.5. The SMILES string of the molecule is COc1ccc(C(=O)N/N=C/c2cc(Br)ccc2OS(=O)(=O)c2ccccc2)cc1OC. The lowest BCUT2D eigenvalue weighted by Gasteiger charge is -2.10. The van der Waals surface area contributed by atoms with Gasteiger partial charge in [0.05, 0.1) is 20.4 Å². The summed E-state index contributed by atoms with van der Waals surface area (Å²) >= 11 is 3.33. The molecule has 0 aliphatic carbocycles. The first-order valence-corrected chi connectivity index (χ1v) is 11.4. The molecule has 1 amide bonds. The lowest BCUT2D eigenvalue weighted by molar-refractivity contribution is 0.0954. The van der Waals surface area contributed by atoms with E-state index in [-0.39, 0.29) is 10.6 Å². The van der Waals surface area contributed by atoms with Crippen molar-refractivity contribution in [1.29, 1.82) is 0 Å². The van der Waals surface area contributed by atoms with Crippen molar-refractivity contribution in [3.05, 3.63) is 82.3 Å². The topological polar surface area (TPSA) is 103 Å². The first-order valence-electron chi connectivity index (χ1n) is 9.18. The third-order valence-electron chi connectivity index (χ3n) is 4.22. The van der Waals surface area contributed by atoms with E-state index in [2.05, 4.69) is 26.5 Å². The molecule has 3 rings (SSSR count). The second kappa shape index (κ2) is 10.3. The molecule has 0 aliphatic rings. The molecule has 0 aromatic heterocycles. The number of methoxy groups -OCH3 is 2. The lowest BCUT2D eigenvalue weighted by atomic mass is 10.2. The Morgan fingerprint density at radius 2 is 1.62 bits per heavy atom. The Morgan fingerprint density at radius 1 is 0.938 bits per heavy atom. The van der Waals surface area contributed by atoms with Crippen LogP contribution in [-0.2, 0) is 10.1 Å². The Balaban J connectivity index is 1.79. The molecule has 10 heteroatoms. The fourth-order valence-corrected chi connectivity index (χ4v) is 4.01. The molecule has 166 valence electrons. The van der Waals surface area contributed by atoms with E-state index in [1.54, 1.807) is 42.5 Å². The van der Waals surface area contributed by atoms with Crippen LogP contribution in [-0.4, -0.2) is 34.8 Å². The highest BCUT2D eigenvalue weighted by atomic mass is 79.9. The predicted octanol–water partition coefficient (Wildman–Crippen LogP) is 4.00. The summed E-state index contributed by atoms with van der Waals surface area (Å²) in [7, 11) is -1.07. The van der Waals surface area contributed by atoms with E-state index >= 15 is 0 Å². The Hall–Kier alpha value is -3.37. The van der Waals surface area contributed by atoms with Crippen LogP contribution in [0.25, 0.3) is 0 Å². The van der Waals surface area contributed by atoms with Gasteiger partial charge in [-0.15, -0.1) is 0 Å². The van der Waals surface area contributed by atoms with Crippen molar-refractivity contribution in [3.8, 4) is 17.2 Å². The molecule has 0 radical (unpaired) electrons. The van der Waals surface area contributed by atoms with Crippen molar-refractivity contribution in [2.24, 2.45) is 5.10 Å². The third kappa shape index (κ3) is 5.65. The average Bonchev–Trinajstić information content (AvgIpc) is 2.80. The first-order chi connectivity index (χ1) is 15.3. The minimum absolute atomic E-state index is 0.0209. The molecule has 0 fully saturated rings. The number of ether oxygens (including phenoxy) is 2. The normalized spacial score (nSPS) is 11.2. The van der Waals surface area contributed by atoms with Crippen LogP contribution in [0.2, 0.25) is 0 Å². The number of benzene rings is 3. The number of rotatable bonds is 8. The van der Waals surface area contributed by atoms with Gasteiger partial charge >= 0.3 is 10.1 Å². The Bertz CT molecular complexity index is 1250. The van der Waals surface area contributed by atoms with Crippen molar-refractivity contribution < 1.29 is 26.9 Å². The molecule has 3 aromatic rings. The van der Waals surface area contributed by atoms with Gasteiger partial charge in [0.25, 0.3) is 5.91 Å². The number of hydrogen-bond donors (Lipinski definition) is 1. The standard InChI is InChI=1S/C22H19BrN2O6S/c1-29-20-10-8-15(13-21(20)30-2)22(26)25-24-14-16-12-17(23)9-11-19(16)31-32(27,28)18-6-4-3-5-7-18/h3-14H,1-2H3,(H,25,26)/b24-14+. The highest BCUT2D eigenvalue weighted by molar-refractivity contribution is 9.10. The number of hydrogen-bond acceptors (Lipinski definition) is 7. The molecule has 0 aliphatic heterocycles. The van der Waals surface area contributed by atoms with Gasteiger partial charge in [0.2, 0.25) is 0 Å². The van der Waals surface area contributed by atoms with Gasteiger partial charge < -0.3 is 13.7 Å². The van der Waals surface area contributed by atoms with E-state index in [9.17, 15) is 13.2 Å². The molecule has 32 heavy (non-hydrogen) atoms. The largest absolute Gasteiger partial charge is 0.493 e. The van der Waals surface area contributed by atoms with Crippen molar-refractivity contribution in [1.82, 2.24) is 5.43 Å². The fourth-order valence-electron chi connectivity index (χ4n) is 2.65. The Labute approximate surface area is 194 Å². The van der Waals surface area contributed by atoms with Gasteiger partial charge in [-0.3, -0.25) is 4.79 Å². The van der Waals surface area contributed by atoms with Crippen LogP contribution >= 0.6 is 15.9 Å². The summed E-state index contributed by atoms with van der Waals surface area (Å²) in [5.74, 6) is 0.457.